The second-order valence-corrected chi connectivity index (χ2v) is 14.1. The molecule has 2 heteroatoms. The van der Waals surface area contributed by atoms with E-state index in [1.165, 1.54) is 60.8 Å². The fourth-order valence-corrected chi connectivity index (χ4v) is 8.21. The summed E-state index contributed by atoms with van der Waals surface area (Å²) in [6.45, 7) is 0. The summed E-state index contributed by atoms with van der Waals surface area (Å²) in [7, 11) is 0. The highest BCUT2D eigenvalue weighted by Gasteiger charge is 2.20. The first-order valence-electron chi connectivity index (χ1n) is 19.2. The summed E-state index contributed by atoms with van der Waals surface area (Å²) in [6, 6.07) is 83.0. The Hall–Kier alpha value is -7.42. The third kappa shape index (κ3) is 5.95. The van der Waals surface area contributed by atoms with Crippen LogP contribution < -0.4 is 4.90 Å². The fourth-order valence-electron chi connectivity index (χ4n) is 8.21. The average Bonchev–Trinajstić information content (AvgIpc) is 3.63. The van der Waals surface area contributed by atoms with Crippen molar-refractivity contribution < 1.29 is 0 Å². The van der Waals surface area contributed by atoms with Crippen LogP contribution in [0.2, 0.25) is 0 Å². The molecule has 0 aliphatic carbocycles. The van der Waals surface area contributed by atoms with Crippen molar-refractivity contribution in [2.45, 2.75) is 0 Å². The number of fused-ring (bicyclic) bond motifs is 3. The van der Waals surface area contributed by atoms with Crippen LogP contribution in [0, 0.1) is 0 Å². The van der Waals surface area contributed by atoms with Gasteiger partial charge in [0, 0.05) is 38.8 Å². The minimum atomic E-state index is 1.09. The summed E-state index contributed by atoms with van der Waals surface area (Å²) in [5, 5.41) is 2.49. The molecule has 0 atom stereocenters. The Kier molecular flexibility index (Phi) is 8.55. The molecule has 0 radical (unpaired) electrons. The Balaban J connectivity index is 1.12. The molecule has 56 heavy (non-hydrogen) atoms. The van der Waals surface area contributed by atoms with Crippen molar-refractivity contribution in [3.05, 3.63) is 231 Å². The normalized spacial score (nSPS) is 11.2. The molecule has 0 aliphatic rings. The van der Waals surface area contributed by atoms with Gasteiger partial charge >= 0.3 is 0 Å². The smallest absolute Gasteiger partial charge is 0.0619 e. The fraction of sp³-hybridized carbons (Fsp3) is 0. The van der Waals surface area contributed by atoms with Crippen molar-refractivity contribution in [1.82, 2.24) is 4.57 Å². The predicted octanol–water partition coefficient (Wildman–Crippen LogP) is 14.9. The zero-order valence-electron chi connectivity index (χ0n) is 30.8. The van der Waals surface area contributed by atoms with Gasteiger partial charge in [-0.25, -0.2) is 0 Å². The second-order valence-electron chi connectivity index (χ2n) is 14.1. The largest absolute Gasteiger partial charge is 0.310 e. The van der Waals surface area contributed by atoms with Crippen molar-refractivity contribution in [2.24, 2.45) is 0 Å². The van der Waals surface area contributed by atoms with E-state index in [4.69, 9.17) is 0 Å². The first kappa shape index (κ1) is 33.2. The van der Waals surface area contributed by atoms with Gasteiger partial charge in [-0.1, -0.05) is 188 Å². The van der Waals surface area contributed by atoms with E-state index in [9.17, 15) is 0 Å². The lowest BCUT2D eigenvalue weighted by atomic mass is 9.99. The summed E-state index contributed by atoms with van der Waals surface area (Å²) in [5.41, 5.74) is 16.4. The van der Waals surface area contributed by atoms with E-state index in [-0.39, 0.29) is 0 Å². The molecule has 0 fully saturated rings. The summed E-state index contributed by atoms with van der Waals surface area (Å²) >= 11 is 0. The maximum atomic E-state index is 2.47. The monoisotopic (exact) mass is 714 g/mol. The van der Waals surface area contributed by atoms with Crippen LogP contribution in [0.25, 0.3) is 72.0 Å². The Bertz CT molecular complexity index is 2930. The van der Waals surface area contributed by atoms with Crippen LogP contribution >= 0.6 is 0 Å². The highest BCUT2D eigenvalue weighted by molar-refractivity contribution is 6.14. The third-order valence-electron chi connectivity index (χ3n) is 10.8. The van der Waals surface area contributed by atoms with E-state index < -0.39 is 0 Å². The van der Waals surface area contributed by atoms with Crippen LogP contribution in [0.4, 0.5) is 17.1 Å². The standard InChI is InChI=1S/C54H38N2/c1-4-17-39(18-5-1)40-31-35-44(36-32-40)55(51-28-13-10-23-46(51)41-19-6-2-7-20-41)45-37-33-43(34-38-45)47-24-11-14-29-52(47)56-53-30-15-12-25-49(53)50-27-16-26-48(54(50)56)42-21-8-3-9-22-42/h1-38H. The van der Waals surface area contributed by atoms with Gasteiger partial charge in [0.25, 0.3) is 0 Å². The SMILES string of the molecule is c1ccc(-c2ccc(N(c3ccc(-c4ccccc4-n4c5ccccc5c5cccc(-c6ccccc6)c54)cc3)c3ccccc3-c3ccccc3)cc2)cc1. The molecule has 0 N–H and O–H groups in total. The lowest BCUT2D eigenvalue weighted by Gasteiger charge is -2.28. The van der Waals surface area contributed by atoms with Crippen molar-refractivity contribution in [1.29, 1.82) is 0 Å². The Morgan fingerprint density at radius 1 is 0.286 bits per heavy atom. The summed E-state index contributed by atoms with van der Waals surface area (Å²) in [6.07, 6.45) is 0. The molecule has 9 aromatic carbocycles. The quantitative estimate of drug-likeness (QED) is 0.152. The van der Waals surface area contributed by atoms with Gasteiger partial charge in [0.1, 0.15) is 0 Å². The van der Waals surface area contributed by atoms with Gasteiger partial charge in [0.2, 0.25) is 0 Å². The topological polar surface area (TPSA) is 8.17 Å². The molecule has 2 nitrogen and oxygen atoms in total. The Labute approximate surface area is 327 Å². The van der Waals surface area contributed by atoms with Gasteiger partial charge in [-0.3, -0.25) is 0 Å². The highest BCUT2D eigenvalue weighted by atomic mass is 15.1. The van der Waals surface area contributed by atoms with Gasteiger partial charge in [-0.05, 0) is 70.3 Å². The van der Waals surface area contributed by atoms with Crippen LogP contribution in [0.1, 0.15) is 0 Å². The number of nitrogens with zero attached hydrogens (tertiary/aromatic N) is 2. The zero-order valence-corrected chi connectivity index (χ0v) is 30.8. The van der Waals surface area contributed by atoms with Crippen molar-refractivity contribution >= 4 is 38.9 Å². The number of para-hydroxylation sites is 4. The van der Waals surface area contributed by atoms with Crippen LogP contribution in [0.3, 0.4) is 0 Å². The average molecular weight is 715 g/mol. The lowest BCUT2D eigenvalue weighted by Crippen LogP contribution is -2.11. The van der Waals surface area contributed by atoms with Crippen LogP contribution in [0.5, 0.6) is 0 Å². The molecule has 0 spiro atoms. The molecule has 0 aliphatic heterocycles. The summed E-state index contributed by atoms with van der Waals surface area (Å²) in [4.78, 5) is 2.38. The van der Waals surface area contributed by atoms with Gasteiger partial charge in [0.05, 0.1) is 22.4 Å². The molecular formula is C54H38N2. The van der Waals surface area contributed by atoms with E-state index in [0.717, 1.165) is 28.3 Å². The summed E-state index contributed by atoms with van der Waals surface area (Å²) < 4.78 is 2.47. The van der Waals surface area contributed by atoms with Crippen LogP contribution in [0.15, 0.2) is 231 Å². The third-order valence-corrected chi connectivity index (χ3v) is 10.8. The van der Waals surface area contributed by atoms with Crippen LogP contribution in [-0.2, 0) is 0 Å². The molecule has 0 saturated heterocycles. The molecular weight excluding hydrogens is 677 g/mol. The van der Waals surface area contributed by atoms with E-state index >= 15 is 0 Å². The van der Waals surface area contributed by atoms with E-state index in [1.807, 2.05) is 0 Å². The van der Waals surface area contributed by atoms with Gasteiger partial charge < -0.3 is 9.47 Å². The minimum Gasteiger partial charge on any atom is -0.310 e. The molecule has 0 amide bonds. The number of rotatable bonds is 8. The zero-order chi connectivity index (χ0) is 37.3. The molecule has 0 unspecified atom stereocenters. The molecule has 0 saturated carbocycles. The van der Waals surface area contributed by atoms with Crippen molar-refractivity contribution in [3.8, 4) is 50.2 Å². The van der Waals surface area contributed by atoms with E-state index in [2.05, 4.69) is 240 Å². The van der Waals surface area contributed by atoms with Crippen LogP contribution in [-0.4, -0.2) is 4.57 Å². The minimum absolute atomic E-state index is 1.09. The molecule has 1 heterocycles. The number of hydrogen-bond donors (Lipinski definition) is 0. The first-order chi connectivity index (χ1) is 27.8. The molecule has 10 aromatic rings. The lowest BCUT2D eigenvalue weighted by molar-refractivity contribution is 1.18. The second kappa shape index (κ2) is 14.4. The Morgan fingerprint density at radius 2 is 0.732 bits per heavy atom. The van der Waals surface area contributed by atoms with Gasteiger partial charge in [0.15, 0.2) is 0 Å². The van der Waals surface area contributed by atoms with E-state index in [1.54, 1.807) is 0 Å². The number of hydrogen-bond acceptors (Lipinski definition) is 1. The molecule has 264 valence electrons. The number of benzene rings is 9. The van der Waals surface area contributed by atoms with Gasteiger partial charge in [-0.2, -0.15) is 0 Å². The maximum Gasteiger partial charge on any atom is 0.0619 e. The predicted molar refractivity (Wildman–Crippen MR) is 237 cm³/mol. The summed E-state index contributed by atoms with van der Waals surface area (Å²) in [5.74, 6) is 0. The van der Waals surface area contributed by atoms with Crippen molar-refractivity contribution in [3.63, 3.8) is 0 Å². The molecule has 10 rings (SSSR count). The first-order valence-corrected chi connectivity index (χ1v) is 19.2. The molecule has 0 bridgehead atoms. The molecule has 1 aromatic heterocycles. The van der Waals surface area contributed by atoms with Gasteiger partial charge in [-0.15, -0.1) is 0 Å². The van der Waals surface area contributed by atoms with Crippen molar-refractivity contribution in [2.75, 3.05) is 4.90 Å². The number of anilines is 3. The Morgan fingerprint density at radius 3 is 1.41 bits per heavy atom. The number of aromatic nitrogens is 1. The highest BCUT2D eigenvalue weighted by Crippen LogP contribution is 2.44. The maximum absolute atomic E-state index is 2.47. The van der Waals surface area contributed by atoms with E-state index in [0.29, 0.717) is 0 Å².